The number of aromatic nitrogens is 2. The summed E-state index contributed by atoms with van der Waals surface area (Å²) in [4.78, 5) is 20.1. The van der Waals surface area contributed by atoms with Crippen LogP contribution in [0.25, 0.3) is 11.0 Å². The van der Waals surface area contributed by atoms with Crippen LogP contribution >= 0.6 is 0 Å². The highest BCUT2D eigenvalue weighted by atomic mass is 16.6. The third-order valence-electron chi connectivity index (χ3n) is 3.23. The van der Waals surface area contributed by atoms with Crippen molar-refractivity contribution in [2.45, 2.75) is 6.54 Å². The van der Waals surface area contributed by atoms with Crippen molar-refractivity contribution in [3.8, 4) is 11.6 Å². The van der Waals surface area contributed by atoms with Gasteiger partial charge in [-0.25, -0.2) is 9.78 Å². The second kappa shape index (κ2) is 6.74. The largest absolute Gasteiger partial charge is 0.497 e. The molecule has 0 spiro atoms. The summed E-state index contributed by atoms with van der Waals surface area (Å²) in [6.07, 6.45) is 1.08. The van der Waals surface area contributed by atoms with E-state index in [1.807, 2.05) is 36.4 Å². The normalized spacial score (nSPS) is 10.3. The van der Waals surface area contributed by atoms with Crippen LogP contribution in [0.1, 0.15) is 5.56 Å². The molecule has 0 fully saturated rings. The molecule has 0 aliphatic rings. The standard InChI is InChI=1S/C17H15N3O3/c1-22-14-7-4-12(5-8-14)11-19-17(21)23-15-9-6-13-3-2-10-18-16(13)20-15/h2-10H,11H2,1H3,(H,19,21). The van der Waals surface area contributed by atoms with Crippen molar-refractivity contribution >= 4 is 17.1 Å². The maximum absolute atomic E-state index is 11.8. The van der Waals surface area contributed by atoms with Crippen molar-refractivity contribution in [3.63, 3.8) is 0 Å². The molecular weight excluding hydrogens is 294 g/mol. The zero-order valence-electron chi connectivity index (χ0n) is 12.5. The average Bonchev–Trinajstić information content (AvgIpc) is 2.60. The molecule has 0 atom stereocenters. The number of benzene rings is 1. The van der Waals surface area contributed by atoms with Gasteiger partial charge >= 0.3 is 6.09 Å². The van der Waals surface area contributed by atoms with Gasteiger partial charge in [0.1, 0.15) is 5.75 Å². The van der Waals surface area contributed by atoms with E-state index in [-0.39, 0.29) is 5.88 Å². The fourth-order valence-corrected chi connectivity index (χ4v) is 2.04. The summed E-state index contributed by atoms with van der Waals surface area (Å²) in [6, 6.07) is 14.6. The number of pyridine rings is 2. The SMILES string of the molecule is COc1ccc(CNC(=O)Oc2ccc3cccnc3n2)cc1. The number of carbonyl (C=O) groups is 1. The third-order valence-corrected chi connectivity index (χ3v) is 3.23. The van der Waals surface area contributed by atoms with E-state index in [4.69, 9.17) is 9.47 Å². The molecule has 6 nitrogen and oxygen atoms in total. The molecule has 2 aromatic heterocycles. The summed E-state index contributed by atoms with van der Waals surface area (Å²) >= 11 is 0. The Bertz CT molecular complexity index is 819. The van der Waals surface area contributed by atoms with Gasteiger partial charge in [-0.15, -0.1) is 0 Å². The maximum Gasteiger partial charge on any atom is 0.414 e. The van der Waals surface area contributed by atoms with Gasteiger partial charge in [0, 0.05) is 24.2 Å². The van der Waals surface area contributed by atoms with Gasteiger partial charge in [0.25, 0.3) is 0 Å². The Morgan fingerprint density at radius 3 is 2.74 bits per heavy atom. The van der Waals surface area contributed by atoms with Crippen LogP contribution in [0.15, 0.2) is 54.7 Å². The van der Waals surface area contributed by atoms with Crippen LogP contribution in [0, 0.1) is 0 Å². The maximum atomic E-state index is 11.8. The number of nitrogens with one attached hydrogen (secondary N) is 1. The predicted molar refractivity (Wildman–Crippen MR) is 85.4 cm³/mol. The van der Waals surface area contributed by atoms with Crippen LogP contribution in [0.4, 0.5) is 4.79 Å². The number of methoxy groups -OCH3 is 1. The van der Waals surface area contributed by atoms with Crippen LogP contribution in [0.2, 0.25) is 0 Å². The Hall–Kier alpha value is -3.15. The quantitative estimate of drug-likeness (QED) is 0.802. The van der Waals surface area contributed by atoms with E-state index in [0.29, 0.717) is 12.2 Å². The molecule has 0 bridgehead atoms. The number of rotatable bonds is 4. The van der Waals surface area contributed by atoms with Crippen molar-refractivity contribution in [3.05, 3.63) is 60.3 Å². The number of nitrogens with zero attached hydrogens (tertiary/aromatic N) is 2. The highest BCUT2D eigenvalue weighted by Crippen LogP contribution is 2.14. The minimum absolute atomic E-state index is 0.212. The van der Waals surface area contributed by atoms with Crippen molar-refractivity contribution in [2.24, 2.45) is 0 Å². The molecule has 0 saturated heterocycles. The Morgan fingerprint density at radius 2 is 1.96 bits per heavy atom. The first-order valence-corrected chi connectivity index (χ1v) is 7.05. The zero-order chi connectivity index (χ0) is 16.1. The number of hydrogen-bond acceptors (Lipinski definition) is 5. The molecule has 0 unspecified atom stereocenters. The van der Waals surface area contributed by atoms with Crippen LogP contribution in [0.3, 0.4) is 0 Å². The number of carbonyl (C=O) groups excluding carboxylic acids is 1. The number of amides is 1. The van der Waals surface area contributed by atoms with E-state index in [2.05, 4.69) is 15.3 Å². The monoisotopic (exact) mass is 309 g/mol. The molecule has 2 heterocycles. The van der Waals surface area contributed by atoms with Gasteiger partial charge in [-0.1, -0.05) is 12.1 Å². The van der Waals surface area contributed by atoms with Gasteiger partial charge in [-0.3, -0.25) is 0 Å². The lowest BCUT2D eigenvalue weighted by Gasteiger charge is -2.07. The second-order valence-corrected chi connectivity index (χ2v) is 4.79. The molecule has 1 amide bonds. The van der Waals surface area contributed by atoms with Crippen LogP contribution in [0.5, 0.6) is 11.6 Å². The summed E-state index contributed by atoms with van der Waals surface area (Å²) in [7, 11) is 1.61. The Balaban J connectivity index is 1.59. The first-order chi connectivity index (χ1) is 11.2. The van der Waals surface area contributed by atoms with Gasteiger partial charge < -0.3 is 14.8 Å². The smallest absolute Gasteiger partial charge is 0.414 e. The highest BCUT2D eigenvalue weighted by Gasteiger charge is 2.06. The molecule has 1 aromatic carbocycles. The lowest BCUT2D eigenvalue weighted by Crippen LogP contribution is -2.26. The van der Waals surface area contributed by atoms with Gasteiger partial charge in [-0.05, 0) is 35.9 Å². The van der Waals surface area contributed by atoms with E-state index in [0.717, 1.165) is 16.7 Å². The number of fused-ring (bicyclic) bond motifs is 1. The van der Waals surface area contributed by atoms with Gasteiger partial charge in [0.15, 0.2) is 5.65 Å². The summed E-state index contributed by atoms with van der Waals surface area (Å²) in [6.45, 7) is 0.356. The molecule has 0 saturated carbocycles. The van der Waals surface area contributed by atoms with E-state index >= 15 is 0 Å². The Labute approximate surface area is 133 Å². The molecule has 116 valence electrons. The van der Waals surface area contributed by atoms with Crippen LogP contribution < -0.4 is 14.8 Å². The minimum Gasteiger partial charge on any atom is -0.497 e. The van der Waals surface area contributed by atoms with Gasteiger partial charge in [0.05, 0.1) is 7.11 Å². The van der Waals surface area contributed by atoms with Crippen molar-refractivity contribution in [2.75, 3.05) is 7.11 Å². The second-order valence-electron chi connectivity index (χ2n) is 4.79. The minimum atomic E-state index is -0.566. The van der Waals surface area contributed by atoms with E-state index in [1.54, 1.807) is 25.4 Å². The number of ether oxygens (including phenoxy) is 2. The van der Waals surface area contributed by atoms with Crippen molar-refractivity contribution in [1.29, 1.82) is 0 Å². The lowest BCUT2D eigenvalue weighted by molar-refractivity contribution is 0.198. The zero-order valence-corrected chi connectivity index (χ0v) is 12.5. The first-order valence-electron chi connectivity index (χ1n) is 7.05. The molecular formula is C17H15N3O3. The van der Waals surface area contributed by atoms with Crippen molar-refractivity contribution in [1.82, 2.24) is 15.3 Å². The Morgan fingerprint density at radius 1 is 1.13 bits per heavy atom. The molecule has 3 rings (SSSR count). The highest BCUT2D eigenvalue weighted by molar-refractivity contribution is 5.76. The average molecular weight is 309 g/mol. The molecule has 6 heteroatoms. The summed E-state index contributed by atoms with van der Waals surface area (Å²) in [5.74, 6) is 0.979. The van der Waals surface area contributed by atoms with Gasteiger partial charge in [0.2, 0.25) is 5.88 Å². The van der Waals surface area contributed by atoms with Crippen molar-refractivity contribution < 1.29 is 14.3 Å². The summed E-state index contributed by atoms with van der Waals surface area (Å²) in [5, 5.41) is 3.56. The molecule has 0 aliphatic heterocycles. The van der Waals surface area contributed by atoms with E-state index in [9.17, 15) is 4.79 Å². The van der Waals surface area contributed by atoms with Gasteiger partial charge in [-0.2, -0.15) is 4.98 Å². The molecule has 23 heavy (non-hydrogen) atoms. The summed E-state index contributed by atoms with van der Waals surface area (Å²) in [5.41, 5.74) is 1.48. The van der Waals surface area contributed by atoms with E-state index < -0.39 is 6.09 Å². The lowest BCUT2D eigenvalue weighted by atomic mass is 10.2. The third kappa shape index (κ3) is 3.74. The van der Waals surface area contributed by atoms with Crippen LogP contribution in [-0.2, 0) is 6.54 Å². The van der Waals surface area contributed by atoms with Crippen LogP contribution in [-0.4, -0.2) is 23.2 Å². The predicted octanol–water partition coefficient (Wildman–Crippen LogP) is 2.93. The van der Waals surface area contributed by atoms with E-state index in [1.165, 1.54) is 0 Å². The molecule has 0 radical (unpaired) electrons. The topological polar surface area (TPSA) is 73.3 Å². The fraction of sp³-hybridized carbons (Fsp3) is 0.118. The molecule has 3 aromatic rings. The number of hydrogen-bond donors (Lipinski definition) is 1. The first kappa shape index (κ1) is 14.8. The fourth-order valence-electron chi connectivity index (χ4n) is 2.04. The summed E-state index contributed by atoms with van der Waals surface area (Å²) < 4.78 is 10.2. The molecule has 0 aliphatic carbocycles. The Kier molecular flexibility index (Phi) is 4.33. The molecule has 1 N–H and O–H groups in total.